The number of carbonyl (C=O) groups is 6. The predicted molar refractivity (Wildman–Crippen MR) is 162 cm³/mol. The van der Waals surface area contributed by atoms with E-state index in [9.17, 15) is 28.8 Å². The van der Waals surface area contributed by atoms with Crippen molar-refractivity contribution in [1.82, 2.24) is 21.3 Å². The number of hydrogen-bond donors (Lipinski definition) is 6. The molecule has 0 aliphatic carbocycles. The van der Waals surface area contributed by atoms with Crippen LogP contribution in [0.3, 0.4) is 0 Å². The van der Waals surface area contributed by atoms with E-state index in [4.69, 9.17) is 16.2 Å². The van der Waals surface area contributed by atoms with Crippen LogP contribution in [0.4, 0.5) is 4.79 Å². The van der Waals surface area contributed by atoms with Gasteiger partial charge in [0.1, 0.15) is 25.2 Å². The summed E-state index contributed by atoms with van der Waals surface area (Å²) in [6.45, 7) is 3.74. The van der Waals surface area contributed by atoms with Gasteiger partial charge in [0, 0.05) is 18.4 Å². The van der Waals surface area contributed by atoms with E-state index in [1.54, 1.807) is 13.8 Å². The van der Waals surface area contributed by atoms with Crippen LogP contribution in [-0.4, -0.2) is 74.5 Å². The van der Waals surface area contributed by atoms with Crippen molar-refractivity contribution in [1.29, 1.82) is 0 Å². The van der Waals surface area contributed by atoms with Crippen molar-refractivity contribution in [3.8, 4) is 0 Å². The van der Waals surface area contributed by atoms with Crippen molar-refractivity contribution >= 4 is 35.7 Å². The van der Waals surface area contributed by atoms with E-state index in [2.05, 4.69) is 26.0 Å². The van der Waals surface area contributed by atoms with Crippen LogP contribution in [0.15, 0.2) is 30.3 Å². The highest BCUT2D eigenvalue weighted by Gasteiger charge is 2.33. The Balaban J connectivity index is 2.84. The van der Waals surface area contributed by atoms with Crippen molar-refractivity contribution in [3.63, 3.8) is 0 Å². The van der Waals surface area contributed by atoms with Crippen LogP contribution < -0.4 is 32.7 Å². The second kappa shape index (κ2) is 21.5. The third kappa shape index (κ3) is 14.8. The van der Waals surface area contributed by atoms with Gasteiger partial charge in [-0.05, 0) is 50.6 Å². The number of unbranched alkanes of at least 4 members (excludes halogenated alkanes) is 2. The fraction of sp³-hybridized carbons (Fsp3) is 0.600. The minimum atomic E-state index is -0.958. The Bertz CT molecular complexity index is 1070. The first-order valence-corrected chi connectivity index (χ1v) is 14.9. The van der Waals surface area contributed by atoms with Crippen LogP contribution >= 0.6 is 0 Å². The molecule has 14 nitrogen and oxygen atoms in total. The summed E-state index contributed by atoms with van der Waals surface area (Å²) in [6.07, 6.45) is 2.39. The van der Waals surface area contributed by atoms with Gasteiger partial charge >= 0.3 is 12.1 Å². The van der Waals surface area contributed by atoms with Crippen molar-refractivity contribution < 1.29 is 38.2 Å². The normalized spacial score (nSPS) is 13.4. The summed E-state index contributed by atoms with van der Waals surface area (Å²) in [5.74, 6) is -4.74. The van der Waals surface area contributed by atoms with Gasteiger partial charge in [-0.2, -0.15) is 0 Å². The van der Waals surface area contributed by atoms with E-state index in [0.717, 1.165) is 5.56 Å². The van der Waals surface area contributed by atoms with Crippen molar-refractivity contribution in [2.75, 3.05) is 26.7 Å². The van der Waals surface area contributed by atoms with E-state index in [0.29, 0.717) is 38.6 Å². The van der Waals surface area contributed by atoms with Crippen molar-refractivity contribution in [2.45, 2.75) is 77.5 Å². The maximum atomic E-state index is 13.4. The summed E-state index contributed by atoms with van der Waals surface area (Å²) < 4.78 is 9.72. The van der Waals surface area contributed by atoms with E-state index in [1.807, 2.05) is 30.3 Å². The van der Waals surface area contributed by atoms with Gasteiger partial charge in [0.15, 0.2) is 0 Å². The van der Waals surface area contributed by atoms with Crippen molar-refractivity contribution in [2.24, 2.45) is 23.3 Å². The molecular weight excluding hydrogens is 572 g/mol. The fourth-order valence-electron chi connectivity index (χ4n) is 4.31. The summed E-state index contributed by atoms with van der Waals surface area (Å²) in [6, 6.07) is 7.36. The molecule has 1 aromatic rings. The van der Waals surface area contributed by atoms with E-state index in [-0.39, 0.29) is 32.5 Å². The Morgan fingerprint density at radius 1 is 0.841 bits per heavy atom. The molecule has 0 heterocycles. The van der Waals surface area contributed by atoms with E-state index < -0.39 is 59.6 Å². The molecule has 0 aliphatic heterocycles. The molecule has 0 saturated carbocycles. The summed E-state index contributed by atoms with van der Waals surface area (Å²) in [4.78, 5) is 74.6. The molecule has 0 saturated heterocycles. The Kier molecular flexibility index (Phi) is 18.5. The van der Waals surface area contributed by atoms with Gasteiger partial charge < -0.3 is 42.2 Å². The number of nitrogens with one attached hydrogen (secondary N) is 4. The summed E-state index contributed by atoms with van der Waals surface area (Å²) >= 11 is 0. The molecule has 14 heteroatoms. The maximum Gasteiger partial charge on any atom is 0.407 e. The summed E-state index contributed by atoms with van der Waals surface area (Å²) in [5, 5.41) is 10.4. The SMILES string of the molecule is CCC(NC(=O)[C@@H](CCCCNC(=O)OCc1ccccc1)C(C)C(=O)NC(CCCCN)C(N)=O)C(=O)NCC(=O)OC. The zero-order valence-corrected chi connectivity index (χ0v) is 25.9. The van der Waals surface area contributed by atoms with Crippen molar-refractivity contribution in [3.05, 3.63) is 35.9 Å². The van der Waals surface area contributed by atoms with Crippen LogP contribution in [0.1, 0.15) is 64.4 Å². The number of carbonyl (C=O) groups excluding carboxylic acids is 6. The van der Waals surface area contributed by atoms with Gasteiger partial charge in [-0.1, -0.05) is 50.6 Å². The minimum absolute atomic E-state index is 0.131. The number of hydrogen-bond acceptors (Lipinski definition) is 9. The molecular formula is C30H48N6O8. The molecule has 0 bridgehead atoms. The molecule has 8 N–H and O–H groups in total. The summed E-state index contributed by atoms with van der Waals surface area (Å²) in [7, 11) is 1.19. The molecule has 246 valence electrons. The highest BCUT2D eigenvalue weighted by Crippen LogP contribution is 2.21. The van der Waals surface area contributed by atoms with Gasteiger partial charge in [0.2, 0.25) is 23.6 Å². The second-order valence-corrected chi connectivity index (χ2v) is 10.4. The first-order chi connectivity index (χ1) is 21.0. The Labute approximate surface area is 258 Å². The molecule has 0 radical (unpaired) electrons. The van der Waals surface area contributed by atoms with Gasteiger partial charge in [0.25, 0.3) is 0 Å². The second-order valence-electron chi connectivity index (χ2n) is 10.4. The lowest BCUT2D eigenvalue weighted by atomic mass is 9.87. The summed E-state index contributed by atoms with van der Waals surface area (Å²) in [5.41, 5.74) is 11.9. The monoisotopic (exact) mass is 620 g/mol. The quantitative estimate of drug-likeness (QED) is 0.0836. The highest BCUT2D eigenvalue weighted by atomic mass is 16.5. The average Bonchev–Trinajstić information content (AvgIpc) is 3.02. The highest BCUT2D eigenvalue weighted by molar-refractivity contribution is 5.93. The molecule has 44 heavy (non-hydrogen) atoms. The number of amides is 5. The molecule has 5 amide bonds. The minimum Gasteiger partial charge on any atom is -0.468 e. The molecule has 0 fully saturated rings. The van der Waals surface area contributed by atoms with Gasteiger partial charge in [0.05, 0.1) is 7.11 Å². The van der Waals surface area contributed by atoms with Gasteiger partial charge in [-0.25, -0.2) is 4.79 Å². The Morgan fingerprint density at radius 3 is 2.11 bits per heavy atom. The van der Waals surface area contributed by atoms with Crippen LogP contribution in [0.2, 0.25) is 0 Å². The number of methoxy groups -OCH3 is 1. The first kappa shape index (κ1) is 37.8. The van der Waals surface area contributed by atoms with Crippen LogP contribution in [-0.2, 0) is 40.1 Å². The molecule has 0 aromatic heterocycles. The third-order valence-corrected chi connectivity index (χ3v) is 7.06. The van der Waals surface area contributed by atoms with E-state index in [1.165, 1.54) is 7.11 Å². The number of benzene rings is 1. The number of nitrogens with two attached hydrogens (primary N) is 2. The number of ether oxygens (including phenoxy) is 2. The number of primary amides is 1. The predicted octanol–water partition coefficient (Wildman–Crippen LogP) is 0.619. The Morgan fingerprint density at radius 2 is 1.50 bits per heavy atom. The number of esters is 1. The zero-order chi connectivity index (χ0) is 32.9. The molecule has 1 rings (SSSR count). The van der Waals surface area contributed by atoms with Gasteiger partial charge in [-0.3, -0.25) is 24.0 Å². The fourth-order valence-corrected chi connectivity index (χ4v) is 4.31. The van der Waals surface area contributed by atoms with Crippen LogP contribution in [0.5, 0.6) is 0 Å². The number of alkyl carbamates (subject to hydrolysis) is 1. The largest absolute Gasteiger partial charge is 0.468 e. The van der Waals surface area contributed by atoms with Crippen LogP contribution in [0.25, 0.3) is 0 Å². The average molecular weight is 621 g/mol. The lowest BCUT2D eigenvalue weighted by molar-refractivity contribution is -0.141. The molecule has 4 atom stereocenters. The van der Waals surface area contributed by atoms with E-state index >= 15 is 0 Å². The molecule has 1 aromatic carbocycles. The van der Waals surface area contributed by atoms with Gasteiger partial charge in [-0.15, -0.1) is 0 Å². The molecule has 0 aliphatic rings. The zero-order valence-electron chi connectivity index (χ0n) is 25.9. The maximum absolute atomic E-state index is 13.4. The lowest BCUT2D eigenvalue weighted by Gasteiger charge is -2.26. The Hall–Kier alpha value is -4.20. The topological polar surface area (TPSA) is 221 Å². The standard InChI is InChI=1S/C30H48N6O8/c1-4-23(29(41)34-18-25(37)43-3)35-28(40)22(20(2)27(39)36-24(26(32)38)15-8-10-16-31)14-9-11-17-33-30(42)44-19-21-12-6-5-7-13-21/h5-7,12-13,20,22-24H,4,8-11,14-19,31H2,1-3H3,(H2,32,38)(H,33,42)(H,34,41)(H,35,40)(H,36,39)/t20?,22-,23?,24?/m0/s1. The van der Waals surface area contributed by atoms with Crippen LogP contribution in [0, 0.1) is 11.8 Å². The first-order valence-electron chi connectivity index (χ1n) is 14.9. The molecule has 0 spiro atoms. The third-order valence-electron chi connectivity index (χ3n) is 7.06. The lowest BCUT2D eigenvalue weighted by Crippen LogP contribution is -2.52. The smallest absolute Gasteiger partial charge is 0.407 e. The molecule has 3 unspecified atom stereocenters. The number of rotatable bonds is 21.